The second-order valence-electron chi connectivity index (χ2n) is 4.33. The number of hydrogen-bond acceptors (Lipinski definition) is 1. The maximum Gasteiger partial charge on any atom is -0.0248 e. The lowest BCUT2D eigenvalue weighted by atomic mass is 10.2. The van der Waals surface area contributed by atoms with Crippen LogP contribution in [-0.2, 0) is 0 Å². The minimum absolute atomic E-state index is 1.22. The van der Waals surface area contributed by atoms with Crippen molar-refractivity contribution in [3.05, 3.63) is 107 Å². The van der Waals surface area contributed by atoms with Gasteiger partial charge < -0.3 is 0 Å². The second kappa shape index (κ2) is 9.62. The van der Waals surface area contributed by atoms with Crippen molar-refractivity contribution in [1.82, 2.24) is 0 Å². The van der Waals surface area contributed by atoms with E-state index in [0.717, 1.165) is 0 Å². The molecule has 1 heteroatoms. The normalized spacial score (nSPS) is 12.2. The quantitative estimate of drug-likeness (QED) is 0.573. The standard InChI is InChI=1S/C20H18S/c1-3-11-19(12-4-1)15-7-9-17-21-18-10-8-16-20-13-5-2-6-14-20/h1-18H/b15-7+,16-8+,17-9+,18-10+. The average molecular weight is 290 g/mol. The van der Waals surface area contributed by atoms with Crippen LogP contribution in [0.3, 0.4) is 0 Å². The fraction of sp³-hybridized carbons (Fsp3) is 0. The van der Waals surface area contributed by atoms with E-state index >= 15 is 0 Å². The Morgan fingerprint density at radius 3 is 1.38 bits per heavy atom. The van der Waals surface area contributed by atoms with Gasteiger partial charge in [-0.1, -0.05) is 97.1 Å². The molecule has 0 nitrogen and oxygen atoms in total. The molecular weight excluding hydrogens is 272 g/mol. The van der Waals surface area contributed by atoms with Crippen LogP contribution in [0.25, 0.3) is 12.2 Å². The summed E-state index contributed by atoms with van der Waals surface area (Å²) in [6, 6.07) is 20.6. The molecule has 0 aromatic heterocycles. The lowest BCUT2D eigenvalue weighted by Crippen LogP contribution is -1.66. The fourth-order valence-electron chi connectivity index (χ4n) is 1.69. The Kier molecular flexibility index (Phi) is 6.94. The third-order valence-corrected chi connectivity index (χ3v) is 3.34. The molecule has 0 N–H and O–H groups in total. The minimum atomic E-state index is 1.22. The summed E-state index contributed by atoms with van der Waals surface area (Å²) < 4.78 is 0. The molecule has 0 heterocycles. The monoisotopic (exact) mass is 290 g/mol. The summed E-state index contributed by atoms with van der Waals surface area (Å²) in [5, 5.41) is 4.12. The van der Waals surface area contributed by atoms with E-state index in [1.165, 1.54) is 11.1 Å². The summed E-state index contributed by atoms with van der Waals surface area (Å²) in [4.78, 5) is 0. The maximum atomic E-state index is 2.09. The summed E-state index contributed by atoms with van der Waals surface area (Å²) in [6.45, 7) is 0. The van der Waals surface area contributed by atoms with Gasteiger partial charge in [0, 0.05) is 0 Å². The van der Waals surface area contributed by atoms with E-state index in [0.29, 0.717) is 0 Å². The van der Waals surface area contributed by atoms with Gasteiger partial charge in [-0.25, -0.2) is 0 Å². The van der Waals surface area contributed by atoms with Gasteiger partial charge in [0.05, 0.1) is 0 Å². The zero-order valence-electron chi connectivity index (χ0n) is 11.8. The van der Waals surface area contributed by atoms with Crippen LogP contribution in [0.4, 0.5) is 0 Å². The molecule has 2 rings (SSSR count). The predicted molar refractivity (Wildman–Crippen MR) is 96.8 cm³/mol. The molecule has 0 unspecified atom stereocenters. The van der Waals surface area contributed by atoms with Crippen molar-refractivity contribution in [2.24, 2.45) is 0 Å². The topological polar surface area (TPSA) is 0 Å². The average Bonchev–Trinajstić information content (AvgIpc) is 2.55. The van der Waals surface area contributed by atoms with Crippen LogP contribution in [0.2, 0.25) is 0 Å². The van der Waals surface area contributed by atoms with Crippen LogP contribution in [0, 0.1) is 0 Å². The first kappa shape index (κ1) is 15.1. The van der Waals surface area contributed by atoms with Crippen molar-refractivity contribution in [3.63, 3.8) is 0 Å². The van der Waals surface area contributed by atoms with Crippen molar-refractivity contribution in [1.29, 1.82) is 0 Å². The van der Waals surface area contributed by atoms with Gasteiger partial charge in [0.2, 0.25) is 0 Å². The van der Waals surface area contributed by atoms with Gasteiger partial charge in [-0.2, -0.15) is 0 Å². The van der Waals surface area contributed by atoms with E-state index in [9.17, 15) is 0 Å². The van der Waals surface area contributed by atoms with Crippen LogP contribution in [-0.4, -0.2) is 0 Å². The zero-order valence-corrected chi connectivity index (χ0v) is 12.6. The van der Waals surface area contributed by atoms with Crippen molar-refractivity contribution >= 4 is 23.9 Å². The molecular formula is C20H18S. The highest BCUT2D eigenvalue weighted by molar-refractivity contribution is 8.04. The Morgan fingerprint density at radius 2 is 0.952 bits per heavy atom. The lowest BCUT2D eigenvalue weighted by molar-refractivity contribution is 1.66. The molecule has 0 spiro atoms. The molecule has 0 aliphatic rings. The molecule has 0 aliphatic carbocycles. The van der Waals surface area contributed by atoms with Crippen LogP contribution < -0.4 is 0 Å². The van der Waals surface area contributed by atoms with Gasteiger partial charge in [0.25, 0.3) is 0 Å². The third-order valence-electron chi connectivity index (χ3n) is 2.71. The molecule has 0 bridgehead atoms. The molecule has 0 atom stereocenters. The van der Waals surface area contributed by atoms with Crippen molar-refractivity contribution in [2.45, 2.75) is 0 Å². The second-order valence-corrected chi connectivity index (χ2v) is 5.15. The summed E-state index contributed by atoms with van der Waals surface area (Å²) in [5.41, 5.74) is 2.43. The number of thioether (sulfide) groups is 1. The first-order valence-electron chi connectivity index (χ1n) is 6.87. The van der Waals surface area contributed by atoms with E-state index in [2.05, 4.69) is 59.4 Å². The molecule has 21 heavy (non-hydrogen) atoms. The summed E-state index contributed by atoms with van der Waals surface area (Å²) in [6.07, 6.45) is 12.4. The Labute approximate surface area is 131 Å². The van der Waals surface area contributed by atoms with Gasteiger partial charge >= 0.3 is 0 Å². The van der Waals surface area contributed by atoms with E-state index in [4.69, 9.17) is 0 Å². The Hall–Kier alpha value is -2.25. The fourth-order valence-corrected chi connectivity index (χ4v) is 2.14. The molecule has 0 amide bonds. The molecule has 2 aromatic carbocycles. The molecule has 0 fully saturated rings. The van der Waals surface area contributed by atoms with Gasteiger partial charge in [-0.15, -0.1) is 11.8 Å². The zero-order chi connectivity index (χ0) is 14.6. The molecule has 0 aliphatic heterocycles. The van der Waals surface area contributed by atoms with Crippen molar-refractivity contribution in [3.8, 4) is 0 Å². The number of allylic oxidation sites excluding steroid dienone is 4. The Morgan fingerprint density at radius 1 is 0.524 bits per heavy atom. The number of hydrogen-bond donors (Lipinski definition) is 0. The molecule has 2 aromatic rings. The van der Waals surface area contributed by atoms with Crippen LogP contribution in [0.1, 0.15) is 11.1 Å². The van der Waals surface area contributed by atoms with Crippen LogP contribution in [0.15, 0.2) is 95.8 Å². The smallest absolute Gasteiger partial charge is 0.0248 e. The highest BCUT2D eigenvalue weighted by atomic mass is 32.2. The maximum absolute atomic E-state index is 2.09. The number of benzene rings is 2. The summed E-state index contributed by atoms with van der Waals surface area (Å²) in [7, 11) is 0. The van der Waals surface area contributed by atoms with Gasteiger partial charge in [-0.3, -0.25) is 0 Å². The summed E-state index contributed by atoms with van der Waals surface area (Å²) in [5.74, 6) is 0. The van der Waals surface area contributed by atoms with Crippen LogP contribution >= 0.6 is 11.8 Å². The van der Waals surface area contributed by atoms with Crippen LogP contribution in [0.5, 0.6) is 0 Å². The predicted octanol–water partition coefficient (Wildman–Crippen LogP) is 6.17. The van der Waals surface area contributed by atoms with Gasteiger partial charge in [0.15, 0.2) is 0 Å². The van der Waals surface area contributed by atoms with Crippen molar-refractivity contribution in [2.75, 3.05) is 0 Å². The van der Waals surface area contributed by atoms with E-state index < -0.39 is 0 Å². The lowest BCUT2D eigenvalue weighted by Gasteiger charge is -1.88. The molecule has 0 saturated heterocycles. The van der Waals surface area contributed by atoms with Crippen molar-refractivity contribution < 1.29 is 0 Å². The molecule has 0 radical (unpaired) electrons. The first-order valence-corrected chi connectivity index (χ1v) is 7.81. The highest BCUT2D eigenvalue weighted by Crippen LogP contribution is 2.07. The van der Waals surface area contributed by atoms with Gasteiger partial charge in [0.1, 0.15) is 0 Å². The molecule has 104 valence electrons. The number of rotatable bonds is 6. The largest absolute Gasteiger partial charge is 0.106 e. The highest BCUT2D eigenvalue weighted by Gasteiger charge is 1.80. The Bertz CT molecular complexity index is 562. The Balaban J connectivity index is 1.69. The SMILES string of the molecule is C(/C=C/c1ccccc1)=C\S/C=C/C=C/c1ccccc1. The molecule has 0 saturated carbocycles. The summed E-state index contributed by atoms with van der Waals surface area (Å²) >= 11 is 1.66. The first-order chi connectivity index (χ1) is 10.4. The van der Waals surface area contributed by atoms with E-state index in [-0.39, 0.29) is 0 Å². The minimum Gasteiger partial charge on any atom is -0.106 e. The van der Waals surface area contributed by atoms with E-state index in [1.807, 2.05) is 48.6 Å². The third kappa shape index (κ3) is 6.64. The van der Waals surface area contributed by atoms with Gasteiger partial charge in [-0.05, 0) is 21.9 Å². The van der Waals surface area contributed by atoms with E-state index in [1.54, 1.807) is 11.8 Å².